The maximum absolute atomic E-state index is 11.9. The number of nitrogens with one attached hydrogen (secondary N) is 1. The highest BCUT2D eigenvalue weighted by molar-refractivity contribution is 7.18. The molecule has 0 bridgehead atoms. The second kappa shape index (κ2) is 9.44. The molecule has 1 N–H and O–H groups in total. The van der Waals surface area contributed by atoms with Crippen molar-refractivity contribution in [1.82, 2.24) is 4.98 Å². The second-order valence-corrected chi connectivity index (χ2v) is 7.58. The average Bonchev–Trinajstić information content (AvgIpc) is 3.10. The minimum Gasteiger partial charge on any atom is -0.456 e. The van der Waals surface area contributed by atoms with Gasteiger partial charge in [0.25, 0.3) is 11.6 Å². The van der Waals surface area contributed by atoms with Gasteiger partial charge in [-0.15, -0.1) is 11.3 Å². The van der Waals surface area contributed by atoms with Gasteiger partial charge in [-0.25, -0.2) is 4.98 Å². The predicted molar refractivity (Wildman–Crippen MR) is 110 cm³/mol. The zero-order valence-electron chi connectivity index (χ0n) is 15.1. The quantitative estimate of drug-likeness (QED) is 0.321. The highest BCUT2D eigenvalue weighted by atomic mass is 35.5. The molecule has 3 aromatic rings. The number of benzene rings is 2. The molecule has 0 radical (unpaired) electrons. The van der Waals surface area contributed by atoms with Crippen LogP contribution in [-0.2, 0) is 20.7 Å². The van der Waals surface area contributed by atoms with Crippen LogP contribution in [0.1, 0.15) is 17.8 Å². The number of hydrogen-bond donors (Lipinski definition) is 1. The highest BCUT2D eigenvalue weighted by Crippen LogP contribution is 2.26. The van der Waals surface area contributed by atoms with Crippen molar-refractivity contribution in [1.29, 1.82) is 0 Å². The normalized spacial score (nSPS) is 10.7. The Kier molecular flexibility index (Phi) is 6.73. The van der Waals surface area contributed by atoms with Crippen LogP contribution in [0.25, 0.3) is 10.2 Å². The van der Waals surface area contributed by atoms with Crippen LogP contribution in [0.4, 0.5) is 11.4 Å². The first kappa shape index (κ1) is 20.7. The fourth-order valence-corrected chi connectivity index (χ4v) is 3.77. The number of fused-ring (bicyclic) bond motifs is 1. The lowest BCUT2D eigenvalue weighted by Crippen LogP contribution is -2.21. The fourth-order valence-electron chi connectivity index (χ4n) is 2.53. The Balaban J connectivity index is 1.40. The third-order valence-electron chi connectivity index (χ3n) is 3.91. The van der Waals surface area contributed by atoms with Crippen molar-refractivity contribution >= 4 is 56.4 Å². The standard InChI is InChI=1S/C19H16ClN3O5S/c20-13-10-12(23(26)27)8-9-14(13)21-17(24)11-28-19(25)7-3-6-18-22-15-4-1-2-5-16(15)29-18/h1-2,4-5,8-10H,3,6-7,11H2,(H,21,24). The number of ether oxygens (including phenoxy) is 1. The summed E-state index contributed by atoms with van der Waals surface area (Å²) in [6, 6.07) is 11.5. The highest BCUT2D eigenvalue weighted by Gasteiger charge is 2.13. The number of nitro groups is 1. The number of carbonyl (C=O) groups is 2. The molecule has 150 valence electrons. The lowest BCUT2D eigenvalue weighted by Gasteiger charge is -2.08. The van der Waals surface area contributed by atoms with Crippen LogP contribution < -0.4 is 5.32 Å². The molecule has 0 spiro atoms. The lowest BCUT2D eigenvalue weighted by molar-refractivity contribution is -0.384. The van der Waals surface area contributed by atoms with Gasteiger partial charge in [0, 0.05) is 18.6 Å². The maximum Gasteiger partial charge on any atom is 0.306 e. The van der Waals surface area contributed by atoms with E-state index in [2.05, 4.69) is 10.3 Å². The van der Waals surface area contributed by atoms with Crippen molar-refractivity contribution in [2.45, 2.75) is 19.3 Å². The molecule has 0 fully saturated rings. The minimum atomic E-state index is -0.590. The van der Waals surface area contributed by atoms with E-state index in [9.17, 15) is 19.7 Å². The first-order chi connectivity index (χ1) is 13.9. The van der Waals surface area contributed by atoms with Crippen molar-refractivity contribution < 1.29 is 19.2 Å². The number of rotatable bonds is 8. The summed E-state index contributed by atoms with van der Waals surface area (Å²) < 4.78 is 6.06. The maximum atomic E-state index is 11.9. The number of nitrogens with zero attached hydrogens (tertiary/aromatic N) is 2. The van der Waals surface area contributed by atoms with Gasteiger partial charge in [0.15, 0.2) is 6.61 Å². The number of aromatic nitrogens is 1. The molecule has 1 aromatic heterocycles. The Morgan fingerprint density at radius 3 is 2.76 bits per heavy atom. The number of hydrogen-bond acceptors (Lipinski definition) is 7. The van der Waals surface area contributed by atoms with Crippen LogP contribution >= 0.6 is 22.9 Å². The number of amides is 1. The van der Waals surface area contributed by atoms with E-state index in [0.717, 1.165) is 21.3 Å². The van der Waals surface area contributed by atoms with Crippen LogP contribution in [-0.4, -0.2) is 28.4 Å². The van der Waals surface area contributed by atoms with E-state index in [1.54, 1.807) is 11.3 Å². The number of halogens is 1. The molecule has 0 saturated heterocycles. The summed E-state index contributed by atoms with van der Waals surface area (Å²) in [4.78, 5) is 38.3. The summed E-state index contributed by atoms with van der Waals surface area (Å²) in [5.74, 6) is -1.07. The Bertz CT molecular complexity index is 1040. The fraction of sp³-hybridized carbons (Fsp3) is 0.211. The summed E-state index contributed by atoms with van der Waals surface area (Å²) in [6.45, 7) is -0.465. The van der Waals surface area contributed by atoms with Crippen molar-refractivity contribution in [3.63, 3.8) is 0 Å². The number of carbonyl (C=O) groups excluding carboxylic acids is 2. The number of para-hydroxylation sites is 1. The van der Waals surface area contributed by atoms with Gasteiger partial charge < -0.3 is 10.1 Å². The first-order valence-corrected chi connectivity index (χ1v) is 9.85. The largest absolute Gasteiger partial charge is 0.456 e. The van der Waals surface area contributed by atoms with Crippen molar-refractivity contribution in [3.05, 3.63) is 62.6 Å². The van der Waals surface area contributed by atoms with Gasteiger partial charge >= 0.3 is 5.97 Å². The third-order valence-corrected chi connectivity index (χ3v) is 5.32. The van der Waals surface area contributed by atoms with Crippen molar-refractivity contribution in [2.75, 3.05) is 11.9 Å². The van der Waals surface area contributed by atoms with E-state index >= 15 is 0 Å². The lowest BCUT2D eigenvalue weighted by atomic mass is 10.2. The van der Waals surface area contributed by atoms with Crippen LogP contribution in [0, 0.1) is 10.1 Å². The van der Waals surface area contributed by atoms with E-state index < -0.39 is 23.4 Å². The zero-order chi connectivity index (χ0) is 20.8. The summed E-state index contributed by atoms with van der Waals surface area (Å²) in [5.41, 5.74) is 0.957. The van der Waals surface area contributed by atoms with Crippen LogP contribution in [0.3, 0.4) is 0 Å². The smallest absolute Gasteiger partial charge is 0.306 e. The molecule has 2 aromatic carbocycles. The van der Waals surface area contributed by atoms with Crippen LogP contribution in [0.15, 0.2) is 42.5 Å². The van der Waals surface area contributed by atoms with Crippen LogP contribution in [0.5, 0.6) is 0 Å². The molecule has 29 heavy (non-hydrogen) atoms. The zero-order valence-corrected chi connectivity index (χ0v) is 16.7. The summed E-state index contributed by atoms with van der Waals surface area (Å²) >= 11 is 7.49. The second-order valence-electron chi connectivity index (χ2n) is 6.06. The molecule has 8 nitrogen and oxygen atoms in total. The van der Waals surface area contributed by atoms with Gasteiger partial charge in [-0.1, -0.05) is 23.7 Å². The van der Waals surface area contributed by atoms with Gasteiger partial charge in [-0.3, -0.25) is 19.7 Å². The summed E-state index contributed by atoms with van der Waals surface area (Å²) in [7, 11) is 0. The molecule has 1 heterocycles. The predicted octanol–water partition coefficient (Wildman–Crippen LogP) is 4.36. The Morgan fingerprint density at radius 1 is 1.24 bits per heavy atom. The average molecular weight is 434 g/mol. The molecule has 0 atom stereocenters. The van der Waals surface area contributed by atoms with E-state index in [0.29, 0.717) is 12.8 Å². The summed E-state index contributed by atoms with van der Waals surface area (Å²) in [6.07, 6.45) is 1.38. The van der Waals surface area contributed by atoms with E-state index in [1.165, 1.54) is 12.1 Å². The topological polar surface area (TPSA) is 111 Å². The Labute approximate surface area is 174 Å². The van der Waals surface area contributed by atoms with Crippen LogP contribution in [0.2, 0.25) is 5.02 Å². The van der Waals surface area contributed by atoms with E-state index in [4.69, 9.17) is 16.3 Å². The van der Waals surface area contributed by atoms with Crippen molar-refractivity contribution in [3.8, 4) is 0 Å². The molecule has 0 aliphatic rings. The van der Waals surface area contributed by atoms with Crippen molar-refractivity contribution in [2.24, 2.45) is 0 Å². The molecule has 3 rings (SSSR count). The molecule has 1 amide bonds. The number of aryl methyl sites for hydroxylation is 1. The number of anilines is 1. The monoisotopic (exact) mass is 433 g/mol. The SMILES string of the molecule is O=C(COC(=O)CCCc1nc2ccccc2s1)Nc1ccc([N+](=O)[O-])cc1Cl. The van der Waals surface area contributed by atoms with E-state index in [-0.39, 0.29) is 22.8 Å². The molecular weight excluding hydrogens is 418 g/mol. The molecule has 0 aliphatic carbocycles. The number of nitro benzene ring substituents is 1. The van der Waals surface area contributed by atoms with Gasteiger partial charge in [-0.2, -0.15) is 0 Å². The number of non-ortho nitro benzene ring substituents is 1. The van der Waals surface area contributed by atoms with Gasteiger partial charge in [0.2, 0.25) is 0 Å². The van der Waals surface area contributed by atoms with Gasteiger partial charge in [-0.05, 0) is 31.0 Å². The number of esters is 1. The molecule has 10 heteroatoms. The first-order valence-electron chi connectivity index (χ1n) is 8.66. The Hall–Kier alpha value is -3.04. The van der Waals surface area contributed by atoms with E-state index in [1.807, 2.05) is 24.3 Å². The van der Waals surface area contributed by atoms with Gasteiger partial charge in [0.05, 0.1) is 30.9 Å². The van der Waals surface area contributed by atoms with Gasteiger partial charge in [0.1, 0.15) is 0 Å². The third kappa shape index (κ3) is 5.72. The molecule has 0 saturated carbocycles. The summed E-state index contributed by atoms with van der Waals surface area (Å²) in [5, 5.41) is 14.1. The Morgan fingerprint density at radius 2 is 2.03 bits per heavy atom. The molecule has 0 aliphatic heterocycles. The number of thiazole rings is 1. The minimum absolute atomic E-state index is 0.0229. The molecule has 0 unspecified atom stereocenters. The molecular formula is C19H16ClN3O5S.